The molecule has 0 spiro atoms. The number of thioether (sulfide) groups is 1. The molecule has 0 aliphatic carbocycles. The van der Waals surface area contributed by atoms with Gasteiger partial charge in [-0.1, -0.05) is 26.0 Å². The first-order valence-corrected chi connectivity index (χ1v) is 8.01. The molecule has 1 atom stereocenters. The highest BCUT2D eigenvalue weighted by Gasteiger charge is 2.16. The predicted octanol–water partition coefficient (Wildman–Crippen LogP) is 2.84. The molecular weight excluding hydrogens is 256 g/mol. The number of anilines is 1. The SMILES string of the molecule is CC(C)c1ccc(NC(=O)CC2CSCCN2)cc1. The first kappa shape index (κ1) is 14.4. The van der Waals surface area contributed by atoms with E-state index in [9.17, 15) is 4.79 Å². The third kappa shape index (κ3) is 4.55. The van der Waals surface area contributed by atoms with Crippen molar-refractivity contribution in [3.63, 3.8) is 0 Å². The number of carbonyl (C=O) groups is 1. The van der Waals surface area contributed by atoms with Crippen molar-refractivity contribution >= 4 is 23.4 Å². The molecule has 2 N–H and O–H groups in total. The van der Waals surface area contributed by atoms with E-state index in [0.29, 0.717) is 18.4 Å². The van der Waals surface area contributed by atoms with Crippen molar-refractivity contribution in [2.45, 2.75) is 32.2 Å². The molecule has 1 fully saturated rings. The van der Waals surface area contributed by atoms with Crippen molar-refractivity contribution < 1.29 is 4.79 Å². The number of amides is 1. The maximum Gasteiger partial charge on any atom is 0.225 e. The summed E-state index contributed by atoms with van der Waals surface area (Å²) in [6.45, 7) is 5.34. The van der Waals surface area contributed by atoms with Crippen LogP contribution < -0.4 is 10.6 Å². The lowest BCUT2D eigenvalue weighted by atomic mass is 10.0. The fraction of sp³-hybridized carbons (Fsp3) is 0.533. The minimum absolute atomic E-state index is 0.0947. The molecule has 2 rings (SSSR count). The van der Waals surface area contributed by atoms with Gasteiger partial charge in [-0.2, -0.15) is 11.8 Å². The summed E-state index contributed by atoms with van der Waals surface area (Å²) in [4.78, 5) is 11.9. The van der Waals surface area contributed by atoms with Crippen LogP contribution in [-0.2, 0) is 4.79 Å². The third-order valence-corrected chi connectivity index (χ3v) is 4.42. The maximum absolute atomic E-state index is 11.9. The van der Waals surface area contributed by atoms with Crippen LogP contribution in [0.4, 0.5) is 5.69 Å². The molecule has 1 aliphatic heterocycles. The van der Waals surface area contributed by atoms with Gasteiger partial charge in [-0.05, 0) is 23.6 Å². The van der Waals surface area contributed by atoms with Crippen molar-refractivity contribution in [1.29, 1.82) is 0 Å². The van der Waals surface area contributed by atoms with Crippen molar-refractivity contribution in [2.24, 2.45) is 0 Å². The number of benzene rings is 1. The lowest BCUT2D eigenvalue weighted by Crippen LogP contribution is -2.39. The standard InChI is InChI=1S/C15H22N2OS/c1-11(2)12-3-5-13(6-4-12)17-15(18)9-14-10-19-8-7-16-14/h3-6,11,14,16H,7-10H2,1-2H3,(H,17,18). The summed E-state index contributed by atoms with van der Waals surface area (Å²) in [5.41, 5.74) is 2.18. The second-order valence-corrected chi connectivity index (χ2v) is 6.40. The molecule has 3 nitrogen and oxygen atoms in total. The summed E-state index contributed by atoms with van der Waals surface area (Å²) in [5, 5.41) is 6.35. The molecule has 0 aromatic heterocycles. The van der Waals surface area contributed by atoms with Gasteiger partial charge in [-0.25, -0.2) is 0 Å². The monoisotopic (exact) mass is 278 g/mol. The summed E-state index contributed by atoms with van der Waals surface area (Å²) < 4.78 is 0. The third-order valence-electron chi connectivity index (χ3n) is 3.29. The second kappa shape index (κ2) is 6.96. The Morgan fingerprint density at radius 3 is 2.74 bits per heavy atom. The van der Waals surface area contributed by atoms with E-state index < -0.39 is 0 Å². The zero-order valence-electron chi connectivity index (χ0n) is 11.6. The molecule has 0 radical (unpaired) electrons. The van der Waals surface area contributed by atoms with Gasteiger partial charge < -0.3 is 10.6 Å². The average Bonchev–Trinajstić information content (AvgIpc) is 2.40. The Morgan fingerprint density at radius 1 is 1.42 bits per heavy atom. The fourth-order valence-electron chi connectivity index (χ4n) is 2.14. The summed E-state index contributed by atoms with van der Waals surface area (Å²) in [6, 6.07) is 8.44. The van der Waals surface area contributed by atoms with Gasteiger partial charge in [0.1, 0.15) is 0 Å². The normalized spacial score (nSPS) is 19.4. The number of rotatable bonds is 4. The van der Waals surface area contributed by atoms with Gasteiger partial charge >= 0.3 is 0 Å². The minimum atomic E-state index is 0.0947. The van der Waals surface area contributed by atoms with Gasteiger partial charge in [0.05, 0.1) is 0 Å². The Labute approximate surface area is 119 Å². The van der Waals surface area contributed by atoms with Gasteiger partial charge in [0.25, 0.3) is 0 Å². The first-order valence-electron chi connectivity index (χ1n) is 6.86. The van der Waals surface area contributed by atoms with E-state index in [0.717, 1.165) is 23.7 Å². The van der Waals surface area contributed by atoms with Crippen LogP contribution in [0.2, 0.25) is 0 Å². The van der Waals surface area contributed by atoms with Crippen LogP contribution >= 0.6 is 11.8 Å². The van der Waals surface area contributed by atoms with Crippen LogP contribution in [0, 0.1) is 0 Å². The van der Waals surface area contributed by atoms with E-state index in [1.807, 2.05) is 23.9 Å². The van der Waals surface area contributed by atoms with Crippen LogP contribution in [0.1, 0.15) is 31.7 Å². The molecule has 1 aliphatic rings. The molecule has 0 saturated carbocycles. The molecule has 1 heterocycles. The van der Waals surface area contributed by atoms with Gasteiger partial charge in [-0.15, -0.1) is 0 Å². The Bertz CT molecular complexity index is 411. The number of nitrogens with one attached hydrogen (secondary N) is 2. The van der Waals surface area contributed by atoms with E-state index in [-0.39, 0.29) is 5.91 Å². The molecule has 1 unspecified atom stereocenters. The Kier molecular flexibility index (Phi) is 5.28. The summed E-state index contributed by atoms with van der Waals surface area (Å²) >= 11 is 1.91. The lowest BCUT2D eigenvalue weighted by molar-refractivity contribution is -0.116. The zero-order chi connectivity index (χ0) is 13.7. The highest BCUT2D eigenvalue weighted by Crippen LogP contribution is 2.17. The van der Waals surface area contributed by atoms with E-state index in [4.69, 9.17) is 0 Å². The van der Waals surface area contributed by atoms with Gasteiger partial charge in [0.15, 0.2) is 0 Å². The summed E-state index contributed by atoms with van der Waals surface area (Å²) in [6.07, 6.45) is 0.554. The van der Waals surface area contributed by atoms with E-state index in [1.165, 1.54) is 5.56 Å². The minimum Gasteiger partial charge on any atom is -0.326 e. The Hall–Kier alpha value is -1.00. The molecule has 19 heavy (non-hydrogen) atoms. The molecule has 0 bridgehead atoms. The highest BCUT2D eigenvalue weighted by molar-refractivity contribution is 7.99. The van der Waals surface area contributed by atoms with E-state index in [2.05, 4.69) is 36.6 Å². The Balaban J connectivity index is 1.84. The molecule has 1 aromatic carbocycles. The van der Waals surface area contributed by atoms with Crippen molar-refractivity contribution in [3.05, 3.63) is 29.8 Å². The predicted molar refractivity (Wildman–Crippen MR) is 82.9 cm³/mol. The van der Waals surface area contributed by atoms with Crippen LogP contribution in [0.25, 0.3) is 0 Å². The van der Waals surface area contributed by atoms with Crippen molar-refractivity contribution in [1.82, 2.24) is 5.32 Å². The quantitative estimate of drug-likeness (QED) is 0.890. The summed E-state index contributed by atoms with van der Waals surface area (Å²) in [7, 11) is 0. The van der Waals surface area contributed by atoms with Crippen LogP contribution in [0.15, 0.2) is 24.3 Å². The van der Waals surface area contributed by atoms with Crippen molar-refractivity contribution in [3.8, 4) is 0 Å². The Morgan fingerprint density at radius 2 is 2.16 bits per heavy atom. The second-order valence-electron chi connectivity index (χ2n) is 5.25. The van der Waals surface area contributed by atoms with Gasteiger partial charge in [0.2, 0.25) is 5.91 Å². The highest BCUT2D eigenvalue weighted by atomic mass is 32.2. The van der Waals surface area contributed by atoms with Crippen molar-refractivity contribution in [2.75, 3.05) is 23.4 Å². The molecule has 1 amide bonds. The average molecular weight is 278 g/mol. The maximum atomic E-state index is 11.9. The fourth-order valence-corrected chi connectivity index (χ4v) is 3.09. The molecular formula is C15H22N2OS. The van der Waals surface area contributed by atoms with Crippen LogP contribution in [-0.4, -0.2) is 30.0 Å². The van der Waals surface area contributed by atoms with Gasteiger partial charge in [-0.3, -0.25) is 4.79 Å². The smallest absolute Gasteiger partial charge is 0.225 e. The summed E-state index contributed by atoms with van der Waals surface area (Å²) in [5.74, 6) is 2.79. The zero-order valence-corrected chi connectivity index (χ0v) is 12.4. The van der Waals surface area contributed by atoms with E-state index >= 15 is 0 Å². The molecule has 4 heteroatoms. The van der Waals surface area contributed by atoms with Gasteiger partial charge in [0, 0.05) is 36.2 Å². The molecule has 1 aromatic rings. The molecule has 1 saturated heterocycles. The number of carbonyl (C=O) groups excluding carboxylic acids is 1. The topological polar surface area (TPSA) is 41.1 Å². The number of hydrogen-bond donors (Lipinski definition) is 2. The first-order chi connectivity index (χ1) is 9.15. The molecule has 104 valence electrons. The largest absolute Gasteiger partial charge is 0.326 e. The number of hydrogen-bond acceptors (Lipinski definition) is 3. The van der Waals surface area contributed by atoms with E-state index in [1.54, 1.807) is 0 Å². The van der Waals surface area contributed by atoms with Crippen LogP contribution in [0.3, 0.4) is 0 Å². The van der Waals surface area contributed by atoms with Crippen LogP contribution in [0.5, 0.6) is 0 Å². The lowest BCUT2D eigenvalue weighted by Gasteiger charge is -2.22.